The third-order valence-corrected chi connectivity index (χ3v) is 7.19. The average molecular weight is 479 g/mol. The highest BCUT2D eigenvalue weighted by Gasteiger charge is 2.27. The highest BCUT2D eigenvalue weighted by molar-refractivity contribution is 7.89. The van der Waals surface area contributed by atoms with E-state index in [4.69, 9.17) is 0 Å². The Balaban J connectivity index is 1.80. The van der Waals surface area contributed by atoms with Crippen molar-refractivity contribution in [2.24, 2.45) is 0 Å². The molecule has 4 aromatic rings. The van der Waals surface area contributed by atoms with Gasteiger partial charge in [-0.2, -0.15) is 0 Å². The number of aliphatic hydroxyl groups is 1. The third kappa shape index (κ3) is 4.86. The van der Waals surface area contributed by atoms with Crippen LogP contribution in [0.2, 0.25) is 0 Å². The molecule has 3 aromatic carbocycles. The number of aliphatic hydroxyl groups excluding tert-OH is 1. The summed E-state index contributed by atoms with van der Waals surface area (Å²) in [5.74, 6) is 0.640. The molecule has 1 heterocycles. The Kier molecular flexibility index (Phi) is 6.26. The summed E-state index contributed by atoms with van der Waals surface area (Å²) in [5.41, 5.74) is 1.36. The lowest BCUT2D eigenvalue weighted by Gasteiger charge is -2.24. The number of phenols is 1. The molecule has 0 atom stereocenters. The summed E-state index contributed by atoms with van der Waals surface area (Å²) < 4.78 is 28.7. The first-order valence-electron chi connectivity index (χ1n) is 10.7. The largest absolute Gasteiger partial charge is 0.508 e. The van der Waals surface area contributed by atoms with Crippen LogP contribution < -0.4 is 10.0 Å². The highest BCUT2D eigenvalue weighted by atomic mass is 32.2. The molecule has 0 amide bonds. The Morgan fingerprint density at radius 3 is 2.38 bits per heavy atom. The second kappa shape index (κ2) is 9.02. The van der Waals surface area contributed by atoms with Crippen molar-refractivity contribution in [2.45, 2.75) is 31.2 Å². The van der Waals surface area contributed by atoms with E-state index in [1.165, 1.54) is 0 Å². The van der Waals surface area contributed by atoms with Crippen LogP contribution >= 0.6 is 0 Å². The molecule has 176 valence electrons. The maximum absolute atomic E-state index is 13.1. The monoisotopic (exact) mass is 478 g/mol. The van der Waals surface area contributed by atoms with Crippen LogP contribution in [-0.2, 0) is 10.0 Å². The van der Waals surface area contributed by atoms with Crippen molar-refractivity contribution in [3.8, 4) is 17.0 Å². The number of hydrogen-bond donors (Lipinski definition) is 4. The summed E-state index contributed by atoms with van der Waals surface area (Å²) in [6, 6.07) is 19.4. The molecule has 4 N–H and O–H groups in total. The number of phenolic OH excluding ortho intramolecular Hbond substituents is 1. The summed E-state index contributed by atoms with van der Waals surface area (Å²) >= 11 is 0. The van der Waals surface area contributed by atoms with Crippen molar-refractivity contribution in [1.82, 2.24) is 14.9 Å². The number of sulfonamides is 1. The first kappa shape index (κ1) is 23.6. The molecule has 0 aliphatic rings. The fourth-order valence-electron chi connectivity index (χ4n) is 3.62. The van der Waals surface area contributed by atoms with Crippen LogP contribution in [0.15, 0.2) is 71.6 Å². The van der Waals surface area contributed by atoms with E-state index in [9.17, 15) is 18.6 Å². The number of aromatic hydroxyl groups is 1. The van der Waals surface area contributed by atoms with Gasteiger partial charge >= 0.3 is 0 Å². The van der Waals surface area contributed by atoms with E-state index in [0.717, 1.165) is 10.8 Å². The summed E-state index contributed by atoms with van der Waals surface area (Å²) in [6.45, 7) is 4.60. The van der Waals surface area contributed by atoms with Gasteiger partial charge in [0.05, 0.1) is 17.0 Å². The SMILES string of the molecule is Cc1ccc(-c2nnc(Nc3cccc(O)c3)c3ccccc23)cc1S(=O)(=O)NC(C)(C)CO. The lowest BCUT2D eigenvalue weighted by Crippen LogP contribution is -2.46. The molecule has 0 aliphatic carbocycles. The highest BCUT2D eigenvalue weighted by Crippen LogP contribution is 2.33. The van der Waals surface area contributed by atoms with Gasteiger partial charge in [-0.15, -0.1) is 10.2 Å². The quantitative estimate of drug-likeness (QED) is 0.315. The Bertz CT molecular complexity index is 1470. The number of rotatable bonds is 7. The van der Waals surface area contributed by atoms with E-state index in [0.29, 0.717) is 28.3 Å². The first-order valence-corrected chi connectivity index (χ1v) is 12.2. The Labute approximate surface area is 198 Å². The minimum absolute atomic E-state index is 0.111. The van der Waals surface area contributed by atoms with Gasteiger partial charge in [0.1, 0.15) is 11.4 Å². The molecule has 0 bridgehead atoms. The molecule has 34 heavy (non-hydrogen) atoms. The van der Waals surface area contributed by atoms with Gasteiger partial charge in [-0.3, -0.25) is 0 Å². The van der Waals surface area contributed by atoms with Crippen molar-refractivity contribution >= 4 is 32.3 Å². The maximum Gasteiger partial charge on any atom is 0.241 e. The van der Waals surface area contributed by atoms with Crippen LogP contribution in [0.25, 0.3) is 22.0 Å². The number of hydrogen-bond acceptors (Lipinski definition) is 7. The van der Waals surface area contributed by atoms with Crippen LogP contribution in [0.3, 0.4) is 0 Å². The number of aromatic nitrogens is 2. The van der Waals surface area contributed by atoms with E-state index < -0.39 is 15.6 Å². The zero-order chi connectivity index (χ0) is 24.5. The average Bonchev–Trinajstić information content (AvgIpc) is 2.79. The second-order valence-corrected chi connectivity index (χ2v) is 10.4. The smallest absolute Gasteiger partial charge is 0.241 e. The molecule has 0 fully saturated rings. The standard InChI is InChI=1S/C25H26N4O4S/c1-16-11-12-17(13-22(16)34(32,33)29-25(2,3)15-30)23-20-9-4-5-10-21(20)24(28-27-23)26-18-7-6-8-19(31)14-18/h4-14,29-31H,15H2,1-3H3,(H,26,28). The molecule has 8 nitrogen and oxygen atoms in total. The van der Waals surface area contributed by atoms with E-state index >= 15 is 0 Å². The molecule has 0 spiro atoms. The molecule has 0 radical (unpaired) electrons. The summed E-state index contributed by atoms with van der Waals surface area (Å²) in [4.78, 5) is 0.111. The molecular weight excluding hydrogens is 452 g/mol. The lowest BCUT2D eigenvalue weighted by molar-refractivity contribution is 0.208. The van der Waals surface area contributed by atoms with Gasteiger partial charge in [-0.25, -0.2) is 13.1 Å². The number of anilines is 2. The molecule has 0 saturated heterocycles. The maximum atomic E-state index is 13.1. The number of nitrogens with zero attached hydrogens (tertiary/aromatic N) is 2. The van der Waals surface area contributed by atoms with E-state index in [2.05, 4.69) is 20.2 Å². The van der Waals surface area contributed by atoms with Crippen molar-refractivity contribution in [3.63, 3.8) is 0 Å². The third-order valence-electron chi connectivity index (χ3n) is 5.35. The molecule has 0 unspecified atom stereocenters. The van der Waals surface area contributed by atoms with Gasteiger partial charge in [0.2, 0.25) is 10.0 Å². The number of benzene rings is 3. The zero-order valence-electron chi connectivity index (χ0n) is 19.1. The summed E-state index contributed by atoms with van der Waals surface area (Å²) in [7, 11) is -3.89. The van der Waals surface area contributed by atoms with Crippen LogP contribution in [0, 0.1) is 6.92 Å². The summed E-state index contributed by atoms with van der Waals surface area (Å²) in [5, 5.41) is 32.8. The second-order valence-electron chi connectivity index (χ2n) is 8.75. The fourth-order valence-corrected chi connectivity index (χ4v) is 5.29. The lowest BCUT2D eigenvalue weighted by atomic mass is 10.0. The Morgan fingerprint density at radius 2 is 1.68 bits per heavy atom. The number of nitrogens with one attached hydrogen (secondary N) is 2. The predicted molar refractivity (Wildman–Crippen MR) is 133 cm³/mol. The van der Waals surface area contributed by atoms with Crippen LogP contribution in [0.1, 0.15) is 19.4 Å². The predicted octanol–water partition coefficient (Wildman–Crippen LogP) is 4.10. The fraction of sp³-hybridized carbons (Fsp3) is 0.200. The van der Waals surface area contributed by atoms with Crippen molar-refractivity contribution in [3.05, 3.63) is 72.3 Å². The van der Waals surface area contributed by atoms with Gasteiger partial charge < -0.3 is 15.5 Å². The van der Waals surface area contributed by atoms with Crippen molar-refractivity contribution < 1.29 is 18.6 Å². The van der Waals surface area contributed by atoms with E-state index in [1.807, 2.05) is 36.4 Å². The Morgan fingerprint density at radius 1 is 0.941 bits per heavy atom. The van der Waals surface area contributed by atoms with Gasteiger partial charge in [0.15, 0.2) is 5.82 Å². The number of aryl methyl sites for hydroxylation is 1. The van der Waals surface area contributed by atoms with Gasteiger partial charge in [-0.05, 0) is 44.5 Å². The van der Waals surface area contributed by atoms with Gasteiger partial charge in [0, 0.05) is 28.1 Å². The topological polar surface area (TPSA) is 124 Å². The van der Waals surface area contributed by atoms with Crippen LogP contribution in [0.5, 0.6) is 5.75 Å². The summed E-state index contributed by atoms with van der Waals surface area (Å²) in [6.07, 6.45) is 0. The molecule has 0 saturated carbocycles. The van der Waals surface area contributed by atoms with E-state index in [-0.39, 0.29) is 17.3 Å². The normalized spacial score (nSPS) is 12.1. The van der Waals surface area contributed by atoms with Crippen LogP contribution in [0.4, 0.5) is 11.5 Å². The van der Waals surface area contributed by atoms with Crippen molar-refractivity contribution in [2.75, 3.05) is 11.9 Å². The number of fused-ring (bicyclic) bond motifs is 1. The van der Waals surface area contributed by atoms with Gasteiger partial charge in [0.25, 0.3) is 0 Å². The Hall–Kier alpha value is -3.53. The van der Waals surface area contributed by atoms with Gasteiger partial charge in [-0.1, -0.05) is 42.5 Å². The molecule has 0 aliphatic heterocycles. The first-order chi connectivity index (χ1) is 16.1. The minimum Gasteiger partial charge on any atom is -0.508 e. The molecule has 4 rings (SSSR count). The van der Waals surface area contributed by atoms with E-state index in [1.54, 1.807) is 51.1 Å². The molecular formula is C25H26N4O4S. The molecule has 1 aromatic heterocycles. The zero-order valence-corrected chi connectivity index (χ0v) is 19.9. The van der Waals surface area contributed by atoms with Crippen molar-refractivity contribution in [1.29, 1.82) is 0 Å². The molecule has 9 heteroatoms. The van der Waals surface area contributed by atoms with Crippen LogP contribution in [-0.4, -0.2) is 41.0 Å². The minimum atomic E-state index is -3.89.